The molecule has 0 aromatic rings. The molecule has 4 aliphatic heterocycles. The number of fused-ring (bicyclic) bond motifs is 1. The molecule has 40 heavy (non-hydrogen) atoms. The van der Waals surface area contributed by atoms with E-state index in [0.717, 1.165) is 13.1 Å². The molecular weight excluding hydrogens is 514 g/mol. The lowest BCUT2D eigenvalue weighted by atomic mass is 9.65. The third-order valence-electron chi connectivity index (χ3n) is 9.75. The van der Waals surface area contributed by atoms with Crippen LogP contribution in [-0.2, 0) is 28.6 Å². The van der Waals surface area contributed by atoms with Crippen molar-refractivity contribution in [2.75, 3.05) is 59.2 Å². The number of morpholine rings is 1. The van der Waals surface area contributed by atoms with Crippen molar-refractivity contribution >= 4 is 17.8 Å². The minimum atomic E-state index is -1.17. The SMILES string of the molecule is C=CCOC(=O)[C@H]1[C@H]2C(=O)N([C@@H](CO)[C@@H](C)CC)C(C(=O)N(CC=C)CCN3CCOCC3)C23CC[C@]1(CC)O3. The molecule has 0 aliphatic carbocycles. The molecule has 10 nitrogen and oxygen atoms in total. The van der Waals surface area contributed by atoms with Gasteiger partial charge in [-0.05, 0) is 25.2 Å². The molecule has 224 valence electrons. The smallest absolute Gasteiger partial charge is 0.313 e. The number of likely N-dealkylation sites (tertiary alicyclic amines) is 1. The first-order valence-corrected chi connectivity index (χ1v) is 14.9. The van der Waals surface area contributed by atoms with Crippen LogP contribution in [-0.4, -0.2) is 120 Å². The number of amides is 2. The fourth-order valence-electron chi connectivity index (χ4n) is 7.40. The molecule has 2 bridgehead atoms. The molecule has 4 heterocycles. The lowest BCUT2D eigenvalue weighted by Crippen LogP contribution is -2.60. The van der Waals surface area contributed by atoms with Crippen LogP contribution in [0, 0.1) is 17.8 Å². The Kier molecular flexibility index (Phi) is 9.75. The number of aliphatic hydroxyl groups is 1. The average Bonchev–Trinajstić information content (AvgIpc) is 3.58. The first-order chi connectivity index (χ1) is 19.2. The summed E-state index contributed by atoms with van der Waals surface area (Å²) in [5.74, 6) is -2.76. The zero-order valence-corrected chi connectivity index (χ0v) is 24.4. The monoisotopic (exact) mass is 561 g/mol. The number of nitrogens with zero attached hydrogens (tertiary/aromatic N) is 3. The molecule has 0 radical (unpaired) electrons. The fraction of sp³-hybridized carbons (Fsp3) is 0.767. The van der Waals surface area contributed by atoms with Gasteiger partial charge in [0.25, 0.3) is 0 Å². The van der Waals surface area contributed by atoms with E-state index in [2.05, 4.69) is 18.1 Å². The Morgan fingerprint density at radius 2 is 1.95 bits per heavy atom. The number of carbonyl (C=O) groups is 3. The minimum Gasteiger partial charge on any atom is -0.461 e. The van der Waals surface area contributed by atoms with E-state index in [1.165, 1.54) is 6.08 Å². The van der Waals surface area contributed by atoms with Crippen molar-refractivity contribution in [2.24, 2.45) is 17.8 Å². The van der Waals surface area contributed by atoms with E-state index in [-0.39, 0.29) is 30.9 Å². The van der Waals surface area contributed by atoms with Gasteiger partial charge in [-0.1, -0.05) is 45.9 Å². The van der Waals surface area contributed by atoms with Crippen LogP contribution < -0.4 is 0 Å². The summed E-state index contributed by atoms with van der Waals surface area (Å²) in [6.07, 6.45) is 5.48. The number of ether oxygens (including phenoxy) is 3. The molecule has 2 unspecified atom stereocenters. The summed E-state index contributed by atoms with van der Waals surface area (Å²) in [5, 5.41) is 10.5. The number of hydrogen-bond acceptors (Lipinski definition) is 8. The van der Waals surface area contributed by atoms with E-state index in [9.17, 15) is 19.5 Å². The standard InChI is InChI=1S/C30H47N3O7/c1-6-12-32(14-13-31-15-18-38-19-16-31)27(36)25-30-11-10-29(9-4,40-30)24(28(37)39-17-7-2)23(30)26(35)33(25)22(20-34)21(5)8-3/h6-7,21-25,34H,1-2,8-20H2,3-5H3/t21-,22-,23-,24+,25?,29-,30?/m0/s1. The fourth-order valence-corrected chi connectivity index (χ4v) is 7.40. The molecule has 2 amide bonds. The van der Waals surface area contributed by atoms with Crippen LogP contribution in [0.15, 0.2) is 25.3 Å². The van der Waals surface area contributed by atoms with Crippen LogP contribution >= 0.6 is 0 Å². The van der Waals surface area contributed by atoms with Crippen LogP contribution in [0.5, 0.6) is 0 Å². The predicted molar refractivity (Wildman–Crippen MR) is 149 cm³/mol. The summed E-state index contributed by atoms with van der Waals surface area (Å²) in [6, 6.07) is -1.53. The number of carbonyl (C=O) groups excluding carboxylic acids is 3. The number of rotatable bonds is 14. The van der Waals surface area contributed by atoms with E-state index in [0.29, 0.717) is 58.5 Å². The molecular formula is C30H47N3O7. The minimum absolute atomic E-state index is 0.0376. The molecule has 10 heteroatoms. The number of hydrogen-bond donors (Lipinski definition) is 1. The Balaban J connectivity index is 1.74. The molecule has 4 aliphatic rings. The third-order valence-corrected chi connectivity index (χ3v) is 9.75. The van der Waals surface area contributed by atoms with Crippen molar-refractivity contribution in [3.63, 3.8) is 0 Å². The Hall–Kier alpha value is -2.27. The van der Waals surface area contributed by atoms with Gasteiger partial charge >= 0.3 is 5.97 Å². The van der Waals surface area contributed by atoms with Gasteiger partial charge in [0.05, 0.1) is 37.4 Å². The first kappa shape index (κ1) is 30.7. The quantitative estimate of drug-likeness (QED) is 0.252. The van der Waals surface area contributed by atoms with Crippen LogP contribution in [0.2, 0.25) is 0 Å². The summed E-state index contributed by atoms with van der Waals surface area (Å²) < 4.78 is 17.8. The Bertz CT molecular complexity index is 969. The lowest BCUT2D eigenvalue weighted by Gasteiger charge is -2.41. The van der Waals surface area contributed by atoms with Crippen LogP contribution in [0.25, 0.3) is 0 Å². The summed E-state index contributed by atoms with van der Waals surface area (Å²) in [5.41, 5.74) is -2.04. The molecule has 1 spiro atoms. The maximum Gasteiger partial charge on any atom is 0.313 e. The largest absolute Gasteiger partial charge is 0.461 e. The molecule has 0 saturated carbocycles. The summed E-state index contributed by atoms with van der Waals surface area (Å²) in [6.45, 7) is 17.6. The van der Waals surface area contributed by atoms with Crippen LogP contribution in [0.4, 0.5) is 0 Å². The maximum absolute atomic E-state index is 14.6. The third kappa shape index (κ3) is 5.12. The zero-order chi connectivity index (χ0) is 29.1. The van der Waals surface area contributed by atoms with Gasteiger partial charge in [0.2, 0.25) is 11.8 Å². The second-order valence-corrected chi connectivity index (χ2v) is 11.7. The summed E-state index contributed by atoms with van der Waals surface area (Å²) in [4.78, 5) is 48.1. The predicted octanol–water partition coefficient (Wildman–Crippen LogP) is 1.62. The van der Waals surface area contributed by atoms with Gasteiger partial charge in [-0.2, -0.15) is 0 Å². The van der Waals surface area contributed by atoms with Crippen molar-refractivity contribution in [3.05, 3.63) is 25.3 Å². The molecule has 0 aromatic heterocycles. The van der Waals surface area contributed by atoms with Crippen molar-refractivity contribution in [2.45, 2.75) is 69.7 Å². The molecule has 0 aromatic carbocycles. The van der Waals surface area contributed by atoms with Gasteiger partial charge < -0.3 is 29.1 Å². The highest BCUT2D eigenvalue weighted by Crippen LogP contribution is 2.65. The molecule has 4 saturated heterocycles. The highest BCUT2D eigenvalue weighted by Gasteiger charge is 2.79. The normalized spacial score (nSPS) is 33.0. The second kappa shape index (κ2) is 12.7. The Morgan fingerprint density at radius 3 is 2.55 bits per heavy atom. The first-order valence-electron chi connectivity index (χ1n) is 14.9. The summed E-state index contributed by atoms with van der Waals surface area (Å²) >= 11 is 0. The highest BCUT2D eigenvalue weighted by atomic mass is 16.6. The van der Waals surface area contributed by atoms with Crippen molar-refractivity contribution < 1.29 is 33.7 Å². The van der Waals surface area contributed by atoms with E-state index in [1.807, 2.05) is 20.8 Å². The van der Waals surface area contributed by atoms with Crippen molar-refractivity contribution in [1.29, 1.82) is 0 Å². The number of esters is 1. The highest BCUT2D eigenvalue weighted by molar-refractivity contribution is 5.98. The molecule has 4 fully saturated rings. The lowest BCUT2D eigenvalue weighted by molar-refractivity contribution is -0.163. The van der Waals surface area contributed by atoms with Crippen molar-refractivity contribution in [3.8, 4) is 0 Å². The second-order valence-electron chi connectivity index (χ2n) is 11.7. The van der Waals surface area contributed by atoms with E-state index >= 15 is 0 Å². The van der Waals surface area contributed by atoms with Gasteiger partial charge in [-0.15, -0.1) is 6.58 Å². The Labute approximate surface area is 238 Å². The molecule has 4 rings (SSSR count). The topological polar surface area (TPSA) is 109 Å². The summed E-state index contributed by atoms with van der Waals surface area (Å²) in [7, 11) is 0. The van der Waals surface area contributed by atoms with E-state index in [1.54, 1.807) is 15.9 Å². The van der Waals surface area contributed by atoms with E-state index < -0.39 is 41.1 Å². The average molecular weight is 562 g/mol. The van der Waals surface area contributed by atoms with Gasteiger partial charge in [0.15, 0.2) is 0 Å². The van der Waals surface area contributed by atoms with Crippen molar-refractivity contribution in [1.82, 2.24) is 14.7 Å². The maximum atomic E-state index is 14.6. The number of aliphatic hydroxyl groups excluding tert-OH is 1. The Morgan fingerprint density at radius 1 is 1.23 bits per heavy atom. The molecule has 1 N–H and O–H groups in total. The molecule has 7 atom stereocenters. The van der Waals surface area contributed by atoms with Crippen LogP contribution in [0.1, 0.15) is 46.5 Å². The van der Waals surface area contributed by atoms with Gasteiger partial charge in [-0.25, -0.2) is 0 Å². The van der Waals surface area contributed by atoms with Gasteiger partial charge in [0.1, 0.15) is 24.2 Å². The zero-order valence-electron chi connectivity index (χ0n) is 24.4. The van der Waals surface area contributed by atoms with Gasteiger partial charge in [0, 0.05) is 32.7 Å². The van der Waals surface area contributed by atoms with Gasteiger partial charge in [-0.3, -0.25) is 19.3 Å². The van der Waals surface area contributed by atoms with Crippen LogP contribution in [0.3, 0.4) is 0 Å². The van der Waals surface area contributed by atoms with E-state index in [4.69, 9.17) is 14.2 Å².